The molecule has 4 nitrogen and oxygen atoms in total. The van der Waals surface area contributed by atoms with Gasteiger partial charge in [0.05, 0.1) is 18.9 Å². The quantitative estimate of drug-likeness (QED) is 0.822. The van der Waals surface area contributed by atoms with Crippen molar-refractivity contribution >= 4 is 5.97 Å². The molecule has 0 aliphatic rings. The highest BCUT2D eigenvalue weighted by molar-refractivity contribution is 5.75. The fourth-order valence-corrected chi connectivity index (χ4v) is 2.03. The zero-order valence-corrected chi connectivity index (χ0v) is 11.7. The third kappa shape index (κ3) is 3.48. The number of benzene rings is 1. The van der Waals surface area contributed by atoms with E-state index >= 15 is 0 Å². The number of hydrogen-bond donors (Lipinski definition) is 1. The van der Waals surface area contributed by atoms with Gasteiger partial charge in [-0.3, -0.25) is 10.1 Å². The number of hydrogen-bond acceptors (Lipinski definition) is 4. The average molecular weight is 273 g/mol. The van der Waals surface area contributed by atoms with Crippen LogP contribution < -0.4 is 5.32 Å². The van der Waals surface area contributed by atoms with Gasteiger partial charge in [-0.05, 0) is 31.5 Å². The van der Waals surface area contributed by atoms with Gasteiger partial charge in [-0.25, -0.2) is 0 Å². The maximum Gasteiger partial charge on any atom is 0.322 e. The second-order valence-corrected chi connectivity index (χ2v) is 4.50. The van der Waals surface area contributed by atoms with E-state index in [0.717, 1.165) is 11.3 Å². The lowest BCUT2D eigenvalue weighted by molar-refractivity contribution is -0.145. The Labute approximate surface area is 118 Å². The van der Waals surface area contributed by atoms with E-state index in [0.29, 0.717) is 6.61 Å². The molecule has 0 aliphatic carbocycles. The second kappa shape index (κ2) is 6.91. The van der Waals surface area contributed by atoms with Crippen LogP contribution in [0.3, 0.4) is 0 Å². The molecule has 0 radical (unpaired) electrons. The summed E-state index contributed by atoms with van der Waals surface area (Å²) >= 11 is 0. The Kier molecular flexibility index (Phi) is 4.96. The molecule has 106 valence electrons. The summed E-state index contributed by atoms with van der Waals surface area (Å²) < 4.78 is 10.5. The minimum atomic E-state index is -0.412. The molecule has 2 unspecified atom stereocenters. The number of rotatable bonds is 6. The first kappa shape index (κ1) is 14.3. The maximum atomic E-state index is 11.8. The Hall–Kier alpha value is -2.07. The molecule has 0 saturated heterocycles. The largest absolute Gasteiger partial charge is 0.467 e. The lowest BCUT2D eigenvalue weighted by Gasteiger charge is -2.21. The molecule has 1 aromatic carbocycles. The Morgan fingerprint density at radius 3 is 2.60 bits per heavy atom. The zero-order chi connectivity index (χ0) is 14.4. The van der Waals surface area contributed by atoms with Gasteiger partial charge in [0.2, 0.25) is 0 Å². The maximum absolute atomic E-state index is 11.8. The Bertz CT molecular complexity index is 522. The molecule has 0 fully saturated rings. The predicted octanol–water partition coefficient (Wildman–Crippen LogP) is 2.91. The Balaban J connectivity index is 2.18. The van der Waals surface area contributed by atoms with Gasteiger partial charge < -0.3 is 9.15 Å². The van der Waals surface area contributed by atoms with Crippen LogP contribution in [0.15, 0.2) is 53.1 Å². The van der Waals surface area contributed by atoms with Crippen LogP contribution in [-0.4, -0.2) is 18.6 Å². The van der Waals surface area contributed by atoms with Gasteiger partial charge in [0.25, 0.3) is 0 Å². The van der Waals surface area contributed by atoms with E-state index in [1.165, 1.54) is 0 Å². The summed E-state index contributed by atoms with van der Waals surface area (Å²) in [6, 6.07) is 13.0. The summed E-state index contributed by atoms with van der Waals surface area (Å²) in [6.07, 6.45) is 1.63. The lowest BCUT2D eigenvalue weighted by Crippen LogP contribution is -2.38. The molecule has 2 rings (SSSR count). The van der Waals surface area contributed by atoms with Crippen LogP contribution in [0.1, 0.15) is 31.2 Å². The van der Waals surface area contributed by atoms with Crippen molar-refractivity contribution in [2.45, 2.75) is 25.9 Å². The summed E-state index contributed by atoms with van der Waals surface area (Å²) in [4.78, 5) is 11.8. The zero-order valence-electron chi connectivity index (χ0n) is 11.7. The van der Waals surface area contributed by atoms with Gasteiger partial charge in [-0.1, -0.05) is 30.3 Å². The van der Waals surface area contributed by atoms with Crippen LogP contribution in [0.2, 0.25) is 0 Å². The SMILES string of the molecule is CCOC(=O)C(C)NC(c1ccccc1)c1ccco1. The summed E-state index contributed by atoms with van der Waals surface area (Å²) in [7, 11) is 0. The number of nitrogens with one attached hydrogen (secondary N) is 1. The highest BCUT2D eigenvalue weighted by atomic mass is 16.5. The molecule has 1 heterocycles. The van der Waals surface area contributed by atoms with Crippen LogP contribution in [-0.2, 0) is 9.53 Å². The molecule has 1 N–H and O–H groups in total. The topological polar surface area (TPSA) is 51.5 Å². The van der Waals surface area contributed by atoms with Crippen molar-refractivity contribution in [2.75, 3.05) is 6.61 Å². The first-order valence-electron chi connectivity index (χ1n) is 6.73. The van der Waals surface area contributed by atoms with Crippen molar-refractivity contribution < 1.29 is 13.9 Å². The minimum absolute atomic E-state index is 0.175. The smallest absolute Gasteiger partial charge is 0.322 e. The summed E-state index contributed by atoms with van der Waals surface area (Å²) in [5, 5.41) is 3.25. The normalized spacial score (nSPS) is 13.7. The Morgan fingerprint density at radius 1 is 1.25 bits per heavy atom. The number of carbonyl (C=O) groups is 1. The molecule has 0 bridgehead atoms. The number of furan rings is 1. The van der Waals surface area contributed by atoms with Gasteiger partial charge in [0.15, 0.2) is 0 Å². The van der Waals surface area contributed by atoms with Crippen molar-refractivity contribution in [3.8, 4) is 0 Å². The molecule has 0 spiro atoms. The van der Waals surface area contributed by atoms with E-state index < -0.39 is 6.04 Å². The number of esters is 1. The molecule has 0 amide bonds. The molecular weight excluding hydrogens is 254 g/mol. The highest BCUT2D eigenvalue weighted by Crippen LogP contribution is 2.23. The molecule has 2 atom stereocenters. The highest BCUT2D eigenvalue weighted by Gasteiger charge is 2.23. The van der Waals surface area contributed by atoms with Gasteiger partial charge in [0.1, 0.15) is 11.8 Å². The molecule has 1 aromatic heterocycles. The monoisotopic (exact) mass is 273 g/mol. The lowest BCUT2D eigenvalue weighted by atomic mass is 10.0. The minimum Gasteiger partial charge on any atom is -0.467 e. The van der Waals surface area contributed by atoms with Crippen molar-refractivity contribution in [3.05, 3.63) is 60.1 Å². The fraction of sp³-hybridized carbons (Fsp3) is 0.312. The van der Waals surface area contributed by atoms with Gasteiger partial charge in [-0.2, -0.15) is 0 Å². The van der Waals surface area contributed by atoms with E-state index in [1.54, 1.807) is 20.1 Å². The first-order valence-corrected chi connectivity index (χ1v) is 6.73. The van der Waals surface area contributed by atoms with Crippen molar-refractivity contribution in [1.82, 2.24) is 5.32 Å². The molecule has 0 aliphatic heterocycles. The van der Waals surface area contributed by atoms with Crippen LogP contribution in [0.25, 0.3) is 0 Å². The third-order valence-corrected chi connectivity index (χ3v) is 3.02. The van der Waals surface area contributed by atoms with Crippen LogP contribution in [0, 0.1) is 0 Å². The van der Waals surface area contributed by atoms with Crippen LogP contribution in [0.4, 0.5) is 0 Å². The Morgan fingerprint density at radius 2 is 2.00 bits per heavy atom. The predicted molar refractivity (Wildman–Crippen MR) is 76.2 cm³/mol. The second-order valence-electron chi connectivity index (χ2n) is 4.50. The number of carbonyl (C=O) groups excluding carboxylic acids is 1. The summed E-state index contributed by atoms with van der Waals surface area (Å²) in [5.74, 6) is 0.507. The first-order chi connectivity index (χ1) is 9.72. The molecular formula is C16H19NO3. The van der Waals surface area contributed by atoms with Crippen LogP contribution >= 0.6 is 0 Å². The van der Waals surface area contributed by atoms with E-state index in [4.69, 9.17) is 9.15 Å². The molecule has 0 saturated carbocycles. The standard InChI is InChI=1S/C16H19NO3/c1-3-19-16(18)12(2)17-15(14-10-7-11-20-14)13-8-5-4-6-9-13/h4-12,15,17H,3H2,1-2H3. The average Bonchev–Trinajstić information content (AvgIpc) is 2.99. The number of ether oxygens (including phenoxy) is 1. The van der Waals surface area contributed by atoms with E-state index in [9.17, 15) is 4.79 Å². The molecule has 2 aromatic rings. The molecule has 20 heavy (non-hydrogen) atoms. The fourth-order valence-electron chi connectivity index (χ4n) is 2.03. The van der Waals surface area contributed by atoms with Gasteiger partial charge in [0, 0.05) is 0 Å². The van der Waals surface area contributed by atoms with Crippen molar-refractivity contribution in [1.29, 1.82) is 0 Å². The summed E-state index contributed by atoms with van der Waals surface area (Å²) in [6.45, 7) is 3.96. The van der Waals surface area contributed by atoms with Crippen LogP contribution in [0.5, 0.6) is 0 Å². The molecule has 4 heteroatoms. The summed E-state index contributed by atoms with van der Waals surface area (Å²) in [5.41, 5.74) is 1.04. The van der Waals surface area contributed by atoms with Gasteiger partial charge >= 0.3 is 5.97 Å². The van der Waals surface area contributed by atoms with Crippen molar-refractivity contribution in [3.63, 3.8) is 0 Å². The van der Waals surface area contributed by atoms with Crippen molar-refractivity contribution in [2.24, 2.45) is 0 Å². The van der Waals surface area contributed by atoms with E-state index in [1.807, 2.05) is 42.5 Å². The van der Waals surface area contributed by atoms with Gasteiger partial charge in [-0.15, -0.1) is 0 Å². The van der Waals surface area contributed by atoms with E-state index in [-0.39, 0.29) is 12.0 Å². The van der Waals surface area contributed by atoms with E-state index in [2.05, 4.69) is 5.32 Å². The third-order valence-electron chi connectivity index (χ3n) is 3.02.